The zero-order valence-corrected chi connectivity index (χ0v) is 8.80. The van der Waals surface area contributed by atoms with E-state index in [-0.39, 0.29) is 17.0 Å². The SMILES string of the molecule is CC1(C)CC(=O)C2(CC=CC2)C(=O)C1. The van der Waals surface area contributed by atoms with E-state index in [2.05, 4.69) is 0 Å². The molecule has 1 saturated carbocycles. The van der Waals surface area contributed by atoms with Crippen molar-refractivity contribution < 1.29 is 9.59 Å². The van der Waals surface area contributed by atoms with Crippen molar-refractivity contribution in [1.82, 2.24) is 0 Å². The molecule has 0 aromatic carbocycles. The lowest BCUT2D eigenvalue weighted by molar-refractivity contribution is -0.147. The molecule has 0 N–H and O–H groups in total. The topological polar surface area (TPSA) is 34.1 Å². The van der Waals surface area contributed by atoms with Crippen molar-refractivity contribution >= 4 is 11.6 Å². The van der Waals surface area contributed by atoms with E-state index in [1.807, 2.05) is 26.0 Å². The molecule has 2 aliphatic rings. The van der Waals surface area contributed by atoms with Gasteiger partial charge in [-0.05, 0) is 18.3 Å². The van der Waals surface area contributed by atoms with Crippen LogP contribution in [0.3, 0.4) is 0 Å². The molecular weight excluding hydrogens is 176 g/mol. The fourth-order valence-corrected chi connectivity index (χ4v) is 2.53. The molecule has 2 rings (SSSR count). The Bertz CT molecular complexity index is 293. The lowest BCUT2D eigenvalue weighted by Crippen LogP contribution is -2.46. The van der Waals surface area contributed by atoms with Gasteiger partial charge in [0.05, 0.1) is 5.41 Å². The molecule has 0 aliphatic heterocycles. The van der Waals surface area contributed by atoms with E-state index in [4.69, 9.17) is 0 Å². The first-order valence-electron chi connectivity index (χ1n) is 5.18. The second-order valence-electron chi connectivity index (χ2n) is 5.33. The number of rotatable bonds is 0. The molecule has 1 fully saturated rings. The van der Waals surface area contributed by atoms with E-state index in [1.54, 1.807) is 0 Å². The number of hydrogen-bond acceptors (Lipinski definition) is 2. The van der Waals surface area contributed by atoms with Gasteiger partial charge in [0, 0.05) is 12.8 Å². The van der Waals surface area contributed by atoms with Gasteiger partial charge < -0.3 is 0 Å². The van der Waals surface area contributed by atoms with Crippen LogP contribution in [0.4, 0.5) is 0 Å². The van der Waals surface area contributed by atoms with Crippen LogP contribution >= 0.6 is 0 Å². The fraction of sp³-hybridized carbons (Fsp3) is 0.667. The molecule has 2 aliphatic carbocycles. The molecule has 0 bridgehead atoms. The maximum Gasteiger partial charge on any atom is 0.147 e. The molecule has 0 saturated heterocycles. The number of hydrogen-bond donors (Lipinski definition) is 0. The maximum atomic E-state index is 12.0. The van der Waals surface area contributed by atoms with Crippen LogP contribution in [0.25, 0.3) is 0 Å². The Morgan fingerprint density at radius 1 is 1.00 bits per heavy atom. The third kappa shape index (κ3) is 1.24. The predicted molar refractivity (Wildman–Crippen MR) is 53.8 cm³/mol. The first kappa shape index (κ1) is 9.63. The highest BCUT2D eigenvalue weighted by Gasteiger charge is 2.51. The fourth-order valence-electron chi connectivity index (χ4n) is 2.53. The summed E-state index contributed by atoms with van der Waals surface area (Å²) in [5, 5.41) is 0. The van der Waals surface area contributed by atoms with Crippen molar-refractivity contribution in [2.45, 2.75) is 39.5 Å². The number of ketones is 2. The number of carbonyl (C=O) groups excluding carboxylic acids is 2. The highest BCUT2D eigenvalue weighted by Crippen LogP contribution is 2.46. The molecule has 2 heteroatoms. The maximum absolute atomic E-state index is 12.0. The Morgan fingerprint density at radius 3 is 1.86 bits per heavy atom. The van der Waals surface area contributed by atoms with Crippen LogP contribution in [0, 0.1) is 10.8 Å². The lowest BCUT2D eigenvalue weighted by atomic mass is 9.62. The van der Waals surface area contributed by atoms with Crippen LogP contribution in [0.2, 0.25) is 0 Å². The third-order valence-corrected chi connectivity index (χ3v) is 3.45. The van der Waals surface area contributed by atoms with Crippen molar-refractivity contribution in [2.24, 2.45) is 10.8 Å². The van der Waals surface area contributed by atoms with E-state index in [0.717, 1.165) is 0 Å². The minimum atomic E-state index is -0.643. The standard InChI is InChI=1S/C12H16O2/c1-11(2)7-9(13)12(10(14)8-11)5-3-4-6-12/h3-4H,5-8H2,1-2H3. The third-order valence-electron chi connectivity index (χ3n) is 3.45. The average molecular weight is 192 g/mol. The first-order chi connectivity index (χ1) is 6.46. The molecule has 2 nitrogen and oxygen atoms in total. The molecule has 1 spiro atoms. The van der Waals surface area contributed by atoms with E-state index < -0.39 is 5.41 Å². The zero-order chi connectivity index (χ0) is 10.4. The summed E-state index contributed by atoms with van der Waals surface area (Å²) in [6.45, 7) is 4.00. The van der Waals surface area contributed by atoms with E-state index in [9.17, 15) is 9.59 Å². The van der Waals surface area contributed by atoms with Crippen molar-refractivity contribution in [2.75, 3.05) is 0 Å². The Kier molecular flexibility index (Phi) is 1.91. The van der Waals surface area contributed by atoms with Crippen LogP contribution in [0.5, 0.6) is 0 Å². The van der Waals surface area contributed by atoms with Gasteiger partial charge >= 0.3 is 0 Å². The van der Waals surface area contributed by atoms with Gasteiger partial charge in [0.2, 0.25) is 0 Å². The summed E-state index contributed by atoms with van der Waals surface area (Å²) in [7, 11) is 0. The summed E-state index contributed by atoms with van der Waals surface area (Å²) in [5.74, 6) is 0.313. The molecule has 0 atom stereocenters. The first-order valence-corrected chi connectivity index (χ1v) is 5.18. The second kappa shape index (κ2) is 2.78. The lowest BCUT2D eigenvalue weighted by Gasteiger charge is -2.38. The predicted octanol–water partition coefficient (Wildman–Crippen LogP) is 2.28. The van der Waals surface area contributed by atoms with Crippen LogP contribution in [0.15, 0.2) is 12.2 Å². The summed E-state index contributed by atoms with van der Waals surface area (Å²) < 4.78 is 0. The zero-order valence-electron chi connectivity index (χ0n) is 8.80. The van der Waals surface area contributed by atoms with Crippen LogP contribution in [0.1, 0.15) is 39.5 Å². The van der Waals surface area contributed by atoms with Gasteiger partial charge in [-0.15, -0.1) is 0 Å². The molecule has 14 heavy (non-hydrogen) atoms. The highest BCUT2D eigenvalue weighted by molar-refractivity contribution is 6.10. The number of carbonyl (C=O) groups is 2. The summed E-state index contributed by atoms with van der Waals surface area (Å²) in [6.07, 6.45) is 6.32. The second-order valence-corrected chi connectivity index (χ2v) is 5.33. The van der Waals surface area contributed by atoms with Crippen molar-refractivity contribution in [3.63, 3.8) is 0 Å². The molecular formula is C12H16O2. The quantitative estimate of drug-likeness (QED) is 0.436. The Hall–Kier alpha value is -0.920. The molecule has 76 valence electrons. The minimum Gasteiger partial charge on any atom is -0.299 e. The Balaban J connectivity index is 2.29. The highest BCUT2D eigenvalue weighted by atomic mass is 16.2. The van der Waals surface area contributed by atoms with Crippen LogP contribution < -0.4 is 0 Å². The summed E-state index contributed by atoms with van der Waals surface area (Å²) >= 11 is 0. The van der Waals surface area contributed by atoms with E-state index >= 15 is 0 Å². The van der Waals surface area contributed by atoms with Gasteiger partial charge in [-0.2, -0.15) is 0 Å². The van der Waals surface area contributed by atoms with E-state index in [0.29, 0.717) is 25.7 Å². The molecule has 0 heterocycles. The molecule has 0 unspecified atom stereocenters. The summed E-state index contributed by atoms with van der Waals surface area (Å²) in [6, 6.07) is 0. The average Bonchev–Trinajstić information content (AvgIpc) is 2.48. The van der Waals surface area contributed by atoms with Crippen molar-refractivity contribution in [3.8, 4) is 0 Å². The molecule has 0 aromatic rings. The van der Waals surface area contributed by atoms with Gasteiger partial charge in [0.15, 0.2) is 0 Å². The summed E-state index contributed by atoms with van der Waals surface area (Å²) in [4.78, 5) is 24.0. The molecule has 0 amide bonds. The smallest absolute Gasteiger partial charge is 0.147 e. The number of allylic oxidation sites excluding steroid dienone is 2. The van der Waals surface area contributed by atoms with Gasteiger partial charge in [0.25, 0.3) is 0 Å². The molecule has 0 radical (unpaired) electrons. The van der Waals surface area contributed by atoms with Crippen LogP contribution in [-0.4, -0.2) is 11.6 Å². The molecule has 0 aromatic heterocycles. The van der Waals surface area contributed by atoms with Gasteiger partial charge in [0.1, 0.15) is 11.6 Å². The Labute approximate surface area is 84.4 Å². The van der Waals surface area contributed by atoms with Gasteiger partial charge in [-0.3, -0.25) is 9.59 Å². The van der Waals surface area contributed by atoms with Gasteiger partial charge in [-0.1, -0.05) is 26.0 Å². The Morgan fingerprint density at radius 2 is 1.43 bits per heavy atom. The van der Waals surface area contributed by atoms with E-state index in [1.165, 1.54) is 0 Å². The van der Waals surface area contributed by atoms with Crippen LogP contribution in [-0.2, 0) is 9.59 Å². The number of Topliss-reactive ketones (excluding diaryl/α,β-unsaturated/α-hetero) is 2. The minimum absolute atomic E-state index is 0.123. The monoisotopic (exact) mass is 192 g/mol. The van der Waals surface area contributed by atoms with Crippen molar-refractivity contribution in [1.29, 1.82) is 0 Å². The normalized spacial score (nSPS) is 28.7. The summed E-state index contributed by atoms with van der Waals surface area (Å²) in [5.41, 5.74) is -0.766. The largest absolute Gasteiger partial charge is 0.299 e. The van der Waals surface area contributed by atoms with Crippen molar-refractivity contribution in [3.05, 3.63) is 12.2 Å². The van der Waals surface area contributed by atoms with Gasteiger partial charge in [-0.25, -0.2) is 0 Å².